The highest BCUT2D eigenvalue weighted by atomic mass is 16.4. The fourth-order valence-corrected chi connectivity index (χ4v) is 7.96. The van der Waals surface area contributed by atoms with Crippen molar-refractivity contribution in [3.8, 4) is 5.75 Å². The van der Waals surface area contributed by atoms with Gasteiger partial charge in [0, 0.05) is 37.8 Å². The number of phenolic OH excluding ortho intramolecular Hbond substituents is 1. The molecule has 2 aromatic rings. The molecule has 8 amide bonds. The molecule has 72 heavy (non-hydrogen) atoms. The molecule has 9 atom stereocenters. The maximum Gasteiger partial charge on any atom is 0.326 e. The maximum atomic E-state index is 14.5. The standard InChI is InChI=1S/C47H74N14O11/c1-6-8-11-32(46(71)72)56-42(67)35-13-10-19-61(35)45(70)34(21-28-23-52-24-54-28)58-44(69)38(26(5)7-2)60-41(66)33(20-27-14-16-29(62)17-15-27)57-43(68)37(25(3)4)59-40(65)31(12-9-18-53-47(50)51)55-39(64)30(48)22-36(49)63/h14-17,23-26,30-35,37-38,62H,6-13,18-22,48H2,1-5H3,(H2,49,63)(H,52,54)(H,55,64)(H,56,67)(H,57,68)(H,58,69)(H,59,65)(H,60,66)(H,71,72)(H4,50,51,53)/t26-,30-,31-,32-,33-,34-,35-,37-,38-/m0/s1. The topological polar surface area (TPSA) is 415 Å². The molecule has 0 aliphatic carbocycles. The van der Waals surface area contributed by atoms with Gasteiger partial charge in [0.15, 0.2) is 5.96 Å². The summed E-state index contributed by atoms with van der Waals surface area (Å²) in [4.78, 5) is 134. The van der Waals surface area contributed by atoms with Crippen molar-refractivity contribution in [2.24, 2.45) is 39.8 Å². The molecule has 0 radical (unpaired) electrons. The Morgan fingerprint density at radius 2 is 1.39 bits per heavy atom. The summed E-state index contributed by atoms with van der Waals surface area (Å²) in [5.41, 5.74) is 22.9. The van der Waals surface area contributed by atoms with Gasteiger partial charge in [-0.3, -0.25) is 43.3 Å². The molecule has 25 heteroatoms. The lowest BCUT2D eigenvalue weighted by Crippen LogP contribution is -2.62. The number of nitrogens with zero attached hydrogens (tertiary/aromatic N) is 3. The molecule has 1 aliphatic heterocycles. The van der Waals surface area contributed by atoms with Gasteiger partial charge in [-0.25, -0.2) is 9.78 Å². The number of aliphatic carboxylic acids is 1. The quantitative estimate of drug-likeness (QED) is 0.0229. The summed E-state index contributed by atoms with van der Waals surface area (Å²) in [5.74, 6) is -8.77. The number of likely N-dealkylation sites (tertiary alicyclic amines) is 1. The van der Waals surface area contributed by atoms with Crippen LogP contribution >= 0.6 is 0 Å². The van der Waals surface area contributed by atoms with E-state index in [2.05, 4.69) is 46.9 Å². The number of unbranched alkanes of at least 4 members (excludes halogenated alkanes) is 1. The van der Waals surface area contributed by atoms with Gasteiger partial charge in [-0.15, -0.1) is 0 Å². The number of carbonyl (C=O) groups is 9. The van der Waals surface area contributed by atoms with Crippen molar-refractivity contribution in [2.45, 2.75) is 154 Å². The fourth-order valence-electron chi connectivity index (χ4n) is 7.96. The number of benzene rings is 1. The average Bonchev–Trinajstić information content (AvgIpc) is 4.04. The summed E-state index contributed by atoms with van der Waals surface area (Å²) >= 11 is 0. The number of nitrogens with one attached hydrogen (secondary N) is 7. The lowest BCUT2D eigenvalue weighted by Gasteiger charge is -2.32. The van der Waals surface area contributed by atoms with E-state index in [9.17, 15) is 53.4 Å². The molecule has 0 unspecified atom stereocenters. The number of primary amides is 1. The van der Waals surface area contributed by atoms with Crippen LogP contribution in [0.25, 0.3) is 0 Å². The van der Waals surface area contributed by atoms with Gasteiger partial charge in [0.25, 0.3) is 0 Å². The van der Waals surface area contributed by atoms with Crippen LogP contribution in [0.15, 0.2) is 41.8 Å². The molecule has 1 fully saturated rings. The number of rotatable bonds is 30. The van der Waals surface area contributed by atoms with Crippen molar-refractivity contribution in [3.05, 3.63) is 48.0 Å². The summed E-state index contributed by atoms with van der Waals surface area (Å²) in [6, 6.07) is -4.29. The Labute approximate surface area is 418 Å². The molecule has 0 saturated carbocycles. The first-order valence-corrected chi connectivity index (χ1v) is 24.3. The lowest BCUT2D eigenvalue weighted by atomic mass is 9.96. The minimum Gasteiger partial charge on any atom is -0.508 e. The van der Waals surface area contributed by atoms with Gasteiger partial charge in [0.2, 0.25) is 47.3 Å². The molecule has 398 valence electrons. The van der Waals surface area contributed by atoms with Crippen molar-refractivity contribution < 1.29 is 53.4 Å². The molecule has 1 aromatic carbocycles. The molecule has 1 aliphatic rings. The summed E-state index contributed by atoms with van der Waals surface area (Å²) in [7, 11) is 0. The lowest BCUT2D eigenvalue weighted by molar-refractivity contribution is -0.145. The van der Waals surface area contributed by atoms with Crippen molar-refractivity contribution in [2.75, 3.05) is 13.1 Å². The van der Waals surface area contributed by atoms with Gasteiger partial charge in [0.05, 0.1) is 18.8 Å². The second-order valence-corrected chi connectivity index (χ2v) is 18.4. The zero-order valence-electron chi connectivity index (χ0n) is 41.6. The second-order valence-electron chi connectivity index (χ2n) is 18.4. The van der Waals surface area contributed by atoms with Gasteiger partial charge in [-0.2, -0.15) is 0 Å². The van der Waals surface area contributed by atoms with E-state index >= 15 is 0 Å². The van der Waals surface area contributed by atoms with E-state index in [0.717, 1.165) is 0 Å². The number of H-pyrrole nitrogens is 1. The van der Waals surface area contributed by atoms with Crippen LogP contribution in [-0.4, -0.2) is 146 Å². The third kappa shape index (κ3) is 18.8. The van der Waals surface area contributed by atoms with E-state index in [4.69, 9.17) is 22.9 Å². The fraction of sp³-hybridized carbons (Fsp3) is 0.596. The van der Waals surface area contributed by atoms with Crippen LogP contribution in [0.3, 0.4) is 0 Å². The Bertz CT molecular complexity index is 2190. The van der Waals surface area contributed by atoms with E-state index in [-0.39, 0.29) is 63.3 Å². The third-order valence-electron chi connectivity index (χ3n) is 12.3. The van der Waals surface area contributed by atoms with Crippen LogP contribution in [0.4, 0.5) is 0 Å². The number of phenols is 1. The number of aromatic hydroxyl groups is 1. The number of carboxylic acids is 1. The van der Waals surface area contributed by atoms with E-state index in [1.54, 1.807) is 27.7 Å². The van der Waals surface area contributed by atoms with Gasteiger partial charge >= 0.3 is 5.97 Å². The van der Waals surface area contributed by atoms with Gasteiger partial charge < -0.3 is 74.9 Å². The Kier molecular flexibility index (Phi) is 23.9. The third-order valence-corrected chi connectivity index (χ3v) is 12.3. The number of amides is 8. The Morgan fingerprint density at radius 3 is 1.97 bits per heavy atom. The Morgan fingerprint density at radius 1 is 0.778 bits per heavy atom. The molecular weight excluding hydrogens is 937 g/mol. The van der Waals surface area contributed by atoms with E-state index in [1.165, 1.54) is 41.7 Å². The van der Waals surface area contributed by atoms with Crippen LogP contribution in [-0.2, 0) is 56.0 Å². The first-order valence-electron chi connectivity index (χ1n) is 24.3. The molecular formula is C47H74N14O11. The van der Waals surface area contributed by atoms with Crippen molar-refractivity contribution in [1.29, 1.82) is 0 Å². The predicted molar refractivity (Wildman–Crippen MR) is 264 cm³/mol. The number of hydrogen-bond acceptors (Lipinski definition) is 13. The number of hydrogen-bond donors (Lipinski definition) is 13. The molecule has 1 aromatic heterocycles. The number of carboxylic acid groups (broad SMARTS) is 1. The number of aromatic amines is 1. The highest BCUT2D eigenvalue weighted by Gasteiger charge is 2.41. The summed E-state index contributed by atoms with van der Waals surface area (Å²) in [5, 5.41) is 35.8. The second kappa shape index (κ2) is 29.1. The molecule has 3 rings (SSSR count). The van der Waals surface area contributed by atoms with E-state index in [1.807, 2.05) is 6.92 Å². The summed E-state index contributed by atoms with van der Waals surface area (Å²) in [6.45, 7) is 8.90. The van der Waals surface area contributed by atoms with Crippen LogP contribution < -0.4 is 54.8 Å². The maximum absolute atomic E-state index is 14.5. The SMILES string of the molecule is CCCC[C@H](NC(=O)[C@@H]1CCCN1C(=O)[C@H](Cc1cnc[nH]1)NC(=O)[C@@H](NC(=O)[C@H](Cc1ccc(O)cc1)NC(=O)[C@@H](NC(=O)[C@H](CCCN=C(N)N)NC(=O)[C@@H](N)CC(N)=O)C(C)C)[C@@H](C)CC)C(=O)O. The summed E-state index contributed by atoms with van der Waals surface area (Å²) in [6.07, 6.45) is 4.81. The molecule has 0 bridgehead atoms. The van der Waals surface area contributed by atoms with Crippen molar-refractivity contribution in [3.63, 3.8) is 0 Å². The Balaban J connectivity index is 1.93. The number of imidazole rings is 1. The first-order chi connectivity index (χ1) is 34.1. The van der Waals surface area contributed by atoms with E-state index < -0.39 is 120 Å². The number of aromatic nitrogens is 2. The molecule has 17 N–H and O–H groups in total. The number of nitrogens with two attached hydrogens (primary N) is 4. The van der Waals surface area contributed by atoms with Crippen LogP contribution in [0.5, 0.6) is 5.75 Å². The molecule has 2 heterocycles. The number of guanidine groups is 1. The Hall–Kier alpha value is -7.31. The minimum atomic E-state index is -1.40. The zero-order chi connectivity index (χ0) is 53.7. The zero-order valence-corrected chi connectivity index (χ0v) is 41.6. The van der Waals surface area contributed by atoms with Crippen LogP contribution in [0.1, 0.15) is 104 Å². The van der Waals surface area contributed by atoms with Gasteiger partial charge in [-0.05, 0) is 61.6 Å². The number of carbonyl (C=O) groups excluding carboxylic acids is 8. The largest absolute Gasteiger partial charge is 0.508 e. The first kappa shape index (κ1) is 59.0. The van der Waals surface area contributed by atoms with Gasteiger partial charge in [-0.1, -0.05) is 66.0 Å². The van der Waals surface area contributed by atoms with Crippen molar-refractivity contribution in [1.82, 2.24) is 46.8 Å². The van der Waals surface area contributed by atoms with Crippen LogP contribution in [0, 0.1) is 11.8 Å². The van der Waals surface area contributed by atoms with E-state index in [0.29, 0.717) is 36.9 Å². The highest BCUT2D eigenvalue weighted by molar-refractivity contribution is 5.98. The average molecular weight is 1010 g/mol. The highest BCUT2D eigenvalue weighted by Crippen LogP contribution is 2.21. The predicted octanol–water partition coefficient (Wildman–Crippen LogP) is -1.97. The molecule has 25 nitrogen and oxygen atoms in total. The normalized spacial score (nSPS) is 16.6. The van der Waals surface area contributed by atoms with Crippen LogP contribution in [0.2, 0.25) is 0 Å². The molecule has 1 saturated heterocycles. The smallest absolute Gasteiger partial charge is 0.326 e. The summed E-state index contributed by atoms with van der Waals surface area (Å²) < 4.78 is 0. The molecule has 0 spiro atoms. The monoisotopic (exact) mass is 1010 g/mol. The minimum absolute atomic E-state index is 0.0242. The van der Waals surface area contributed by atoms with Gasteiger partial charge in [0.1, 0.15) is 48.0 Å². The van der Waals surface area contributed by atoms with Crippen molar-refractivity contribution >= 4 is 59.2 Å². The number of aliphatic imine (C=N–C) groups is 1.